The van der Waals surface area contributed by atoms with Gasteiger partial charge < -0.3 is 10.4 Å². The molecule has 0 aliphatic heterocycles. The first-order valence-corrected chi connectivity index (χ1v) is 6.32. The van der Waals surface area contributed by atoms with Crippen molar-refractivity contribution in [1.82, 2.24) is 30.5 Å². The summed E-state index contributed by atoms with van der Waals surface area (Å²) in [7, 11) is 0. The Labute approximate surface area is 111 Å². The number of aromatic hydroxyl groups is 1. The van der Waals surface area contributed by atoms with Gasteiger partial charge in [0.25, 0.3) is 0 Å². The number of nitrogens with one attached hydrogen (secondary N) is 2. The molecule has 0 saturated heterocycles. The molecule has 0 fully saturated rings. The monoisotopic (exact) mass is 286 g/mol. The van der Waals surface area contributed by atoms with E-state index in [2.05, 4.69) is 25.9 Å². The number of aromatic nitrogens is 5. The Morgan fingerprint density at radius 2 is 2.50 bits per heavy atom. The van der Waals surface area contributed by atoms with Gasteiger partial charge >= 0.3 is 0 Å². The molecule has 0 radical (unpaired) electrons. The minimum absolute atomic E-state index is 0.0796. The molecular formula is C8H10N6O2S2. The van der Waals surface area contributed by atoms with Gasteiger partial charge in [-0.1, -0.05) is 5.21 Å². The highest BCUT2D eigenvalue weighted by atomic mass is 32.1. The lowest BCUT2D eigenvalue weighted by Gasteiger charge is -2.04. The number of hydrogen-bond acceptors (Lipinski definition) is 7. The van der Waals surface area contributed by atoms with Crippen molar-refractivity contribution in [2.45, 2.75) is 19.5 Å². The molecule has 0 aliphatic carbocycles. The summed E-state index contributed by atoms with van der Waals surface area (Å²) in [4.78, 5) is 11.5. The summed E-state index contributed by atoms with van der Waals surface area (Å²) in [6.07, 6.45) is 0.219. The second-order valence-electron chi connectivity index (χ2n) is 3.37. The van der Waals surface area contributed by atoms with E-state index in [-0.39, 0.29) is 24.8 Å². The SMILES string of the molecule is O=C(CCn1c(O)csc1=S)NCc1nn[nH]n1. The molecule has 0 atom stereocenters. The summed E-state index contributed by atoms with van der Waals surface area (Å²) in [6.45, 7) is 0.558. The highest BCUT2D eigenvalue weighted by Gasteiger charge is 2.07. The normalized spacial score (nSPS) is 10.4. The number of tetrazole rings is 1. The quantitative estimate of drug-likeness (QED) is 0.678. The van der Waals surface area contributed by atoms with Crippen molar-refractivity contribution in [3.63, 3.8) is 0 Å². The van der Waals surface area contributed by atoms with E-state index < -0.39 is 0 Å². The maximum Gasteiger partial charge on any atom is 0.222 e. The van der Waals surface area contributed by atoms with Crippen LogP contribution in [0.25, 0.3) is 0 Å². The van der Waals surface area contributed by atoms with Crippen LogP contribution in [0.15, 0.2) is 5.38 Å². The molecule has 96 valence electrons. The van der Waals surface area contributed by atoms with Gasteiger partial charge in [-0.15, -0.1) is 21.5 Å². The van der Waals surface area contributed by atoms with Crippen LogP contribution in [-0.4, -0.2) is 36.2 Å². The van der Waals surface area contributed by atoms with Crippen molar-refractivity contribution in [3.05, 3.63) is 15.2 Å². The Morgan fingerprint density at radius 1 is 1.67 bits per heavy atom. The van der Waals surface area contributed by atoms with Gasteiger partial charge in [0, 0.05) is 13.0 Å². The predicted molar refractivity (Wildman–Crippen MR) is 65.4 cm³/mol. The van der Waals surface area contributed by atoms with Gasteiger partial charge in [0.1, 0.15) is 0 Å². The molecule has 1 amide bonds. The zero-order valence-corrected chi connectivity index (χ0v) is 10.8. The average molecular weight is 286 g/mol. The molecule has 2 heterocycles. The lowest BCUT2D eigenvalue weighted by atomic mass is 10.4. The van der Waals surface area contributed by atoms with E-state index in [0.29, 0.717) is 16.3 Å². The standard InChI is InChI=1S/C8H10N6O2S2/c15-6(9-3-5-10-12-13-11-5)1-2-14-7(16)4-18-8(14)17/h4,16H,1-3H2,(H,9,15)(H,10,11,12,13). The molecule has 10 heteroatoms. The molecule has 2 aromatic rings. The largest absolute Gasteiger partial charge is 0.494 e. The summed E-state index contributed by atoms with van der Waals surface area (Å²) in [5.41, 5.74) is 0. The fourth-order valence-electron chi connectivity index (χ4n) is 1.27. The smallest absolute Gasteiger partial charge is 0.222 e. The fourth-order valence-corrected chi connectivity index (χ4v) is 2.24. The van der Waals surface area contributed by atoms with E-state index in [0.717, 1.165) is 0 Å². The Morgan fingerprint density at radius 3 is 3.11 bits per heavy atom. The molecular weight excluding hydrogens is 276 g/mol. The van der Waals surface area contributed by atoms with Crippen LogP contribution in [0.1, 0.15) is 12.2 Å². The summed E-state index contributed by atoms with van der Waals surface area (Å²) < 4.78 is 2.05. The second kappa shape index (κ2) is 5.69. The Kier molecular flexibility index (Phi) is 3.99. The Balaban J connectivity index is 1.80. The van der Waals surface area contributed by atoms with Gasteiger partial charge in [-0.05, 0) is 12.2 Å². The molecule has 2 rings (SSSR count). The van der Waals surface area contributed by atoms with Gasteiger partial charge in [-0.25, -0.2) is 0 Å². The number of hydrogen-bond donors (Lipinski definition) is 3. The van der Waals surface area contributed by atoms with Crippen LogP contribution in [-0.2, 0) is 17.9 Å². The third-order valence-electron chi connectivity index (χ3n) is 2.16. The Hall–Kier alpha value is -1.81. The minimum atomic E-state index is -0.174. The second-order valence-corrected chi connectivity index (χ2v) is 4.87. The van der Waals surface area contributed by atoms with E-state index >= 15 is 0 Å². The average Bonchev–Trinajstić information content (AvgIpc) is 2.96. The van der Waals surface area contributed by atoms with Gasteiger partial charge in [0.05, 0.1) is 11.9 Å². The highest BCUT2D eigenvalue weighted by molar-refractivity contribution is 7.73. The van der Waals surface area contributed by atoms with Crippen LogP contribution in [0.2, 0.25) is 0 Å². The molecule has 0 spiro atoms. The molecule has 2 aromatic heterocycles. The molecule has 0 unspecified atom stereocenters. The van der Waals surface area contributed by atoms with E-state index in [1.54, 1.807) is 5.38 Å². The molecule has 0 saturated carbocycles. The van der Waals surface area contributed by atoms with Gasteiger partial charge in [0.2, 0.25) is 11.8 Å². The van der Waals surface area contributed by atoms with Crippen molar-refractivity contribution in [2.75, 3.05) is 0 Å². The van der Waals surface area contributed by atoms with Gasteiger partial charge in [0.15, 0.2) is 9.78 Å². The summed E-state index contributed by atoms with van der Waals surface area (Å²) in [5.74, 6) is 0.321. The molecule has 8 nitrogen and oxygen atoms in total. The highest BCUT2D eigenvalue weighted by Crippen LogP contribution is 2.17. The first-order chi connectivity index (χ1) is 8.66. The molecule has 0 aromatic carbocycles. The van der Waals surface area contributed by atoms with E-state index in [9.17, 15) is 9.90 Å². The first-order valence-electron chi connectivity index (χ1n) is 5.03. The van der Waals surface area contributed by atoms with Crippen LogP contribution in [0.5, 0.6) is 5.88 Å². The van der Waals surface area contributed by atoms with Crippen molar-refractivity contribution in [3.8, 4) is 5.88 Å². The van der Waals surface area contributed by atoms with Gasteiger partial charge in [-0.3, -0.25) is 9.36 Å². The number of amides is 1. The van der Waals surface area contributed by atoms with Crippen molar-refractivity contribution in [2.24, 2.45) is 0 Å². The van der Waals surface area contributed by atoms with Crippen LogP contribution in [0.3, 0.4) is 0 Å². The predicted octanol–water partition coefficient (Wildman–Crippen LogP) is 0.204. The molecule has 3 N–H and O–H groups in total. The summed E-state index contributed by atoms with van der Waals surface area (Å²) in [6, 6.07) is 0. The Bertz CT molecular complexity index is 575. The number of carbonyl (C=O) groups is 1. The zero-order chi connectivity index (χ0) is 13.0. The number of aromatic amines is 1. The van der Waals surface area contributed by atoms with Crippen LogP contribution in [0.4, 0.5) is 0 Å². The zero-order valence-electron chi connectivity index (χ0n) is 9.16. The van der Waals surface area contributed by atoms with Crippen LogP contribution < -0.4 is 5.32 Å². The number of rotatable bonds is 5. The lowest BCUT2D eigenvalue weighted by Crippen LogP contribution is -2.24. The number of thiazole rings is 1. The lowest BCUT2D eigenvalue weighted by molar-refractivity contribution is -0.121. The van der Waals surface area contributed by atoms with Crippen LogP contribution >= 0.6 is 23.6 Å². The van der Waals surface area contributed by atoms with Crippen molar-refractivity contribution < 1.29 is 9.90 Å². The van der Waals surface area contributed by atoms with E-state index in [1.807, 2.05) is 0 Å². The maximum atomic E-state index is 11.5. The van der Waals surface area contributed by atoms with Crippen molar-refractivity contribution in [1.29, 1.82) is 0 Å². The van der Waals surface area contributed by atoms with E-state index in [4.69, 9.17) is 12.2 Å². The third kappa shape index (κ3) is 3.11. The first kappa shape index (κ1) is 12.6. The number of nitrogens with zero attached hydrogens (tertiary/aromatic N) is 4. The van der Waals surface area contributed by atoms with Crippen molar-refractivity contribution >= 4 is 29.5 Å². The third-order valence-corrected chi connectivity index (χ3v) is 3.42. The fraction of sp³-hybridized carbons (Fsp3) is 0.375. The number of carbonyl (C=O) groups excluding carboxylic acids is 1. The van der Waals surface area contributed by atoms with Crippen LogP contribution in [0, 0.1) is 3.95 Å². The minimum Gasteiger partial charge on any atom is -0.494 e. The van der Waals surface area contributed by atoms with Gasteiger partial charge in [-0.2, -0.15) is 5.21 Å². The number of H-pyrrole nitrogens is 1. The summed E-state index contributed by atoms with van der Waals surface area (Å²) >= 11 is 6.27. The van der Waals surface area contributed by atoms with E-state index in [1.165, 1.54) is 15.9 Å². The molecule has 18 heavy (non-hydrogen) atoms. The summed E-state index contributed by atoms with van der Waals surface area (Å²) in [5, 5.41) is 26.7. The molecule has 0 bridgehead atoms. The molecule has 0 aliphatic rings. The topological polar surface area (TPSA) is 109 Å². The maximum absolute atomic E-state index is 11.5.